The number of nitrogens with zero attached hydrogens (tertiary/aromatic N) is 1. The minimum Gasteiger partial charge on any atom is -0.492 e. The molecule has 0 spiro atoms. The van der Waals surface area contributed by atoms with Gasteiger partial charge in [-0.2, -0.15) is 0 Å². The van der Waals surface area contributed by atoms with Gasteiger partial charge in [-0.1, -0.05) is 12.1 Å². The second-order valence-corrected chi connectivity index (χ2v) is 7.05. The molecular formula is C18H28N2O. The van der Waals surface area contributed by atoms with Crippen LogP contribution < -0.4 is 10.1 Å². The summed E-state index contributed by atoms with van der Waals surface area (Å²) in [7, 11) is 0. The molecule has 2 fully saturated rings. The van der Waals surface area contributed by atoms with Gasteiger partial charge < -0.3 is 10.1 Å². The molecule has 1 aromatic carbocycles. The second-order valence-electron chi connectivity index (χ2n) is 7.05. The molecule has 0 unspecified atom stereocenters. The van der Waals surface area contributed by atoms with Gasteiger partial charge in [-0.25, -0.2) is 0 Å². The van der Waals surface area contributed by atoms with Gasteiger partial charge in [0.1, 0.15) is 12.4 Å². The van der Waals surface area contributed by atoms with Crippen LogP contribution in [0.5, 0.6) is 5.75 Å². The van der Waals surface area contributed by atoms with E-state index in [1.807, 2.05) is 0 Å². The predicted octanol–water partition coefficient (Wildman–Crippen LogP) is 3.19. The van der Waals surface area contributed by atoms with Crippen LogP contribution in [0, 0.1) is 0 Å². The Morgan fingerprint density at radius 3 is 2.90 bits per heavy atom. The van der Waals surface area contributed by atoms with Crippen molar-refractivity contribution in [3.8, 4) is 5.75 Å². The smallest absolute Gasteiger partial charge is 0.119 e. The van der Waals surface area contributed by atoms with E-state index in [9.17, 15) is 0 Å². The molecule has 21 heavy (non-hydrogen) atoms. The fraction of sp³-hybridized carbons (Fsp3) is 0.667. The van der Waals surface area contributed by atoms with Gasteiger partial charge in [0, 0.05) is 24.7 Å². The Morgan fingerprint density at radius 1 is 1.33 bits per heavy atom. The largest absolute Gasteiger partial charge is 0.492 e. The zero-order valence-electron chi connectivity index (χ0n) is 13.4. The molecule has 0 atom stereocenters. The van der Waals surface area contributed by atoms with Crippen LogP contribution in [0.1, 0.15) is 45.1 Å². The first kappa shape index (κ1) is 14.9. The van der Waals surface area contributed by atoms with Crippen LogP contribution in [0.15, 0.2) is 24.3 Å². The molecule has 0 radical (unpaired) electrons. The Balaban J connectivity index is 1.45. The third kappa shape index (κ3) is 4.21. The lowest BCUT2D eigenvalue weighted by Gasteiger charge is -2.31. The molecule has 0 bridgehead atoms. The first-order valence-corrected chi connectivity index (χ1v) is 8.34. The molecule has 0 amide bonds. The van der Waals surface area contributed by atoms with Crippen LogP contribution in [-0.4, -0.2) is 36.2 Å². The molecular weight excluding hydrogens is 260 g/mol. The maximum atomic E-state index is 5.95. The predicted molar refractivity (Wildman–Crippen MR) is 86.7 cm³/mol. The van der Waals surface area contributed by atoms with Crippen molar-refractivity contribution in [2.45, 2.75) is 57.7 Å². The summed E-state index contributed by atoms with van der Waals surface area (Å²) in [4.78, 5) is 2.55. The first-order chi connectivity index (χ1) is 10.1. The summed E-state index contributed by atoms with van der Waals surface area (Å²) in [6.07, 6.45) is 5.29. The van der Waals surface area contributed by atoms with E-state index in [0.29, 0.717) is 5.54 Å². The summed E-state index contributed by atoms with van der Waals surface area (Å²) in [6, 6.07) is 9.26. The lowest BCUT2D eigenvalue weighted by atomic mass is 10.0. The molecule has 1 N–H and O–H groups in total. The van der Waals surface area contributed by atoms with E-state index in [4.69, 9.17) is 4.74 Å². The number of hydrogen-bond donors (Lipinski definition) is 1. The molecule has 3 nitrogen and oxygen atoms in total. The van der Waals surface area contributed by atoms with E-state index in [2.05, 4.69) is 48.3 Å². The lowest BCUT2D eigenvalue weighted by molar-refractivity contribution is 0.143. The Bertz CT molecular complexity index is 468. The lowest BCUT2D eigenvalue weighted by Crippen LogP contribution is -2.40. The second kappa shape index (κ2) is 6.37. The van der Waals surface area contributed by atoms with E-state index < -0.39 is 0 Å². The normalized spacial score (nSPS) is 21.6. The van der Waals surface area contributed by atoms with Crippen molar-refractivity contribution in [1.29, 1.82) is 0 Å². The van der Waals surface area contributed by atoms with Gasteiger partial charge in [-0.3, -0.25) is 4.90 Å². The van der Waals surface area contributed by atoms with Gasteiger partial charge >= 0.3 is 0 Å². The third-order valence-electron chi connectivity index (χ3n) is 4.77. The van der Waals surface area contributed by atoms with Crippen LogP contribution in [0.3, 0.4) is 0 Å². The maximum Gasteiger partial charge on any atom is 0.119 e. The van der Waals surface area contributed by atoms with Crippen molar-refractivity contribution in [3.05, 3.63) is 29.8 Å². The van der Waals surface area contributed by atoms with E-state index in [0.717, 1.165) is 31.5 Å². The van der Waals surface area contributed by atoms with Gasteiger partial charge in [0.05, 0.1) is 0 Å². The van der Waals surface area contributed by atoms with Crippen molar-refractivity contribution in [3.63, 3.8) is 0 Å². The molecule has 1 aliphatic heterocycles. The summed E-state index contributed by atoms with van der Waals surface area (Å²) >= 11 is 0. The Kier molecular flexibility index (Phi) is 4.51. The summed E-state index contributed by atoms with van der Waals surface area (Å²) in [6.45, 7) is 8.65. The van der Waals surface area contributed by atoms with Crippen LogP contribution in [0.4, 0.5) is 0 Å². The van der Waals surface area contributed by atoms with Crippen molar-refractivity contribution in [2.24, 2.45) is 0 Å². The van der Waals surface area contributed by atoms with Crippen molar-refractivity contribution < 1.29 is 4.74 Å². The number of nitrogens with one attached hydrogen (secondary N) is 1. The zero-order valence-corrected chi connectivity index (χ0v) is 13.4. The van der Waals surface area contributed by atoms with Crippen molar-refractivity contribution in [2.75, 3.05) is 19.7 Å². The molecule has 1 aliphatic carbocycles. The summed E-state index contributed by atoms with van der Waals surface area (Å²) in [5.74, 6) is 1.00. The molecule has 1 saturated heterocycles. The van der Waals surface area contributed by atoms with Crippen molar-refractivity contribution >= 4 is 0 Å². The minimum absolute atomic E-state index is 0.347. The standard InChI is InChI=1S/C18H28N2O/c1-18(2)9-4-10-20(18)11-12-21-17-6-3-5-15(13-17)14-19-16-7-8-16/h3,5-6,13,16,19H,4,7-12,14H2,1-2H3. The molecule has 1 aromatic rings. The van der Waals surface area contributed by atoms with Crippen LogP contribution in [0.25, 0.3) is 0 Å². The molecule has 2 aliphatic rings. The average Bonchev–Trinajstić information content (AvgIpc) is 3.22. The fourth-order valence-electron chi connectivity index (χ4n) is 3.15. The molecule has 3 rings (SSSR count). The highest BCUT2D eigenvalue weighted by molar-refractivity contribution is 5.28. The molecule has 1 heterocycles. The molecule has 0 aromatic heterocycles. The molecule has 116 valence electrons. The Hall–Kier alpha value is -1.06. The number of likely N-dealkylation sites (tertiary alicyclic amines) is 1. The highest BCUT2D eigenvalue weighted by Crippen LogP contribution is 2.27. The fourth-order valence-corrected chi connectivity index (χ4v) is 3.15. The van der Waals surface area contributed by atoms with Gasteiger partial charge in [0.25, 0.3) is 0 Å². The van der Waals surface area contributed by atoms with E-state index in [1.165, 1.54) is 37.8 Å². The number of rotatable bonds is 7. The summed E-state index contributed by atoms with van der Waals surface area (Å²) < 4.78 is 5.95. The molecule has 1 saturated carbocycles. The van der Waals surface area contributed by atoms with Gasteiger partial charge in [-0.15, -0.1) is 0 Å². The topological polar surface area (TPSA) is 24.5 Å². The van der Waals surface area contributed by atoms with E-state index in [-0.39, 0.29) is 0 Å². The van der Waals surface area contributed by atoms with E-state index in [1.54, 1.807) is 0 Å². The number of hydrogen-bond acceptors (Lipinski definition) is 3. The highest BCUT2D eigenvalue weighted by atomic mass is 16.5. The number of benzene rings is 1. The van der Waals surface area contributed by atoms with Crippen LogP contribution in [0.2, 0.25) is 0 Å². The van der Waals surface area contributed by atoms with Gasteiger partial charge in [0.2, 0.25) is 0 Å². The summed E-state index contributed by atoms with van der Waals surface area (Å²) in [5.41, 5.74) is 1.67. The van der Waals surface area contributed by atoms with Gasteiger partial charge in [-0.05, 0) is 63.8 Å². The molecule has 3 heteroatoms. The quantitative estimate of drug-likeness (QED) is 0.834. The zero-order chi connectivity index (χ0) is 14.7. The number of ether oxygens (including phenoxy) is 1. The third-order valence-corrected chi connectivity index (χ3v) is 4.77. The minimum atomic E-state index is 0.347. The van der Waals surface area contributed by atoms with Crippen molar-refractivity contribution in [1.82, 2.24) is 10.2 Å². The van der Waals surface area contributed by atoms with E-state index >= 15 is 0 Å². The highest BCUT2D eigenvalue weighted by Gasteiger charge is 2.31. The van der Waals surface area contributed by atoms with Crippen LogP contribution in [-0.2, 0) is 6.54 Å². The Morgan fingerprint density at radius 2 is 2.19 bits per heavy atom. The summed E-state index contributed by atoms with van der Waals surface area (Å²) in [5, 5.41) is 3.55. The Labute approximate surface area is 128 Å². The average molecular weight is 288 g/mol. The maximum absolute atomic E-state index is 5.95. The van der Waals surface area contributed by atoms with Gasteiger partial charge in [0.15, 0.2) is 0 Å². The first-order valence-electron chi connectivity index (χ1n) is 8.34. The van der Waals surface area contributed by atoms with Crippen LogP contribution >= 0.6 is 0 Å². The monoisotopic (exact) mass is 288 g/mol. The SMILES string of the molecule is CC1(C)CCCN1CCOc1cccc(CNC2CC2)c1.